The van der Waals surface area contributed by atoms with Crippen LogP contribution in [0.3, 0.4) is 0 Å². The topological polar surface area (TPSA) is 41.1 Å². The second-order valence-electron chi connectivity index (χ2n) is 5.75. The van der Waals surface area contributed by atoms with Crippen molar-refractivity contribution in [2.45, 2.75) is 26.2 Å². The van der Waals surface area contributed by atoms with Gasteiger partial charge in [-0.05, 0) is 24.7 Å². The molecule has 3 aliphatic rings. The van der Waals surface area contributed by atoms with E-state index in [0.717, 1.165) is 26.1 Å². The van der Waals surface area contributed by atoms with E-state index in [-0.39, 0.29) is 0 Å². The molecule has 78 valence electrons. The van der Waals surface area contributed by atoms with Gasteiger partial charge < -0.3 is 10.6 Å². The van der Waals surface area contributed by atoms with Gasteiger partial charge in [0, 0.05) is 31.0 Å². The summed E-state index contributed by atoms with van der Waals surface area (Å²) in [7, 11) is 0. The summed E-state index contributed by atoms with van der Waals surface area (Å²) < 4.78 is 0. The zero-order valence-electron chi connectivity index (χ0n) is 8.73. The minimum atomic E-state index is 0.305. The first kappa shape index (κ1) is 8.72. The molecule has 3 nitrogen and oxygen atoms in total. The normalized spacial score (nSPS) is 34.8. The molecule has 0 aromatic carbocycles. The van der Waals surface area contributed by atoms with Crippen molar-refractivity contribution in [3.05, 3.63) is 0 Å². The summed E-state index contributed by atoms with van der Waals surface area (Å²) >= 11 is 0. The predicted octanol–water partition coefficient (Wildman–Crippen LogP) is 0.512. The van der Waals surface area contributed by atoms with E-state index in [0.29, 0.717) is 22.7 Å². The number of carbonyl (C=O) groups is 1. The van der Waals surface area contributed by atoms with E-state index in [9.17, 15) is 4.79 Å². The molecular formula is C11H18N2O. The van der Waals surface area contributed by atoms with Gasteiger partial charge in [0.05, 0.1) is 0 Å². The molecule has 1 aliphatic heterocycles. The Hall–Kier alpha value is -0.570. The van der Waals surface area contributed by atoms with Crippen LogP contribution in [0.25, 0.3) is 0 Å². The predicted molar refractivity (Wildman–Crippen MR) is 53.8 cm³/mol. The highest BCUT2D eigenvalue weighted by molar-refractivity contribution is 5.83. The van der Waals surface area contributed by atoms with Crippen molar-refractivity contribution >= 4 is 5.91 Å². The molecule has 3 rings (SSSR count). The van der Waals surface area contributed by atoms with Gasteiger partial charge in [0.2, 0.25) is 5.91 Å². The maximum Gasteiger partial charge on any atom is 0.223 e. The molecule has 1 unspecified atom stereocenters. The maximum absolute atomic E-state index is 11.7. The molecule has 1 heterocycles. The Morgan fingerprint density at radius 3 is 2.64 bits per heavy atom. The zero-order chi connectivity index (χ0) is 9.81. The Bertz CT molecular complexity index is 279. The van der Waals surface area contributed by atoms with Crippen LogP contribution in [0.4, 0.5) is 0 Å². The lowest BCUT2D eigenvalue weighted by molar-refractivity contribution is -0.123. The number of carbonyl (C=O) groups excluding carboxylic acids is 1. The largest absolute Gasteiger partial charge is 0.355 e. The second kappa shape index (κ2) is 2.51. The van der Waals surface area contributed by atoms with E-state index in [1.54, 1.807) is 0 Å². The van der Waals surface area contributed by atoms with Gasteiger partial charge >= 0.3 is 0 Å². The minimum Gasteiger partial charge on any atom is -0.355 e. The summed E-state index contributed by atoms with van der Waals surface area (Å²) in [6.07, 6.45) is 3.68. The number of amides is 1. The quantitative estimate of drug-likeness (QED) is 0.687. The first-order chi connectivity index (χ1) is 6.64. The summed E-state index contributed by atoms with van der Waals surface area (Å²) in [6, 6.07) is 0. The average molecular weight is 194 g/mol. The minimum absolute atomic E-state index is 0.305. The van der Waals surface area contributed by atoms with Gasteiger partial charge in [0.25, 0.3) is 0 Å². The van der Waals surface area contributed by atoms with Crippen molar-refractivity contribution in [3.63, 3.8) is 0 Å². The standard InChI is InChI=1S/C11H18N2O/c1-10(2-3-10)5-13-9(14)8-4-11(8)6-12-7-11/h8,12H,2-7H2,1H3,(H,13,14). The Labute approximate surface area is 84.6 Å². The second-order valence-corrected chi connectivity index (χ2v) is 5.75. The lowest BCUT2D eigenvalue weighted by atomic mass is 9.96. The fraction of sp³-hybridized carbons (Fsp3) is 0.909. The van der Waals surface area contributed by atoms with Gasteiger partial charge in [-0.1, -0.05) is 6.92 Å². The van der Waals surface area contributed by atoms with Crippen LogP contribution < -0.4 is 10.6 Å². The van der Waals surface area contributed by atoms with E-state index in [4.69, 9.17) is 0 Å². The third-order valence-corrected chi connectivity index (χ3v) is 4.25. The van der Waals surface area contributed by atoms with Crippen molar-refractivity contribution in [1.29, 1.82) is 0 Å². The number of hydrogen-bond donors (Lipinski definition) is 2. The van der Waals surface area contributed by atoms with Crippen LogP contribution in [0.1, 0.15) is 26.2 Å². The summed E-state index contributed by atoms with van der Waals surface area (Å²) in [5.41, 5.74) is 0.824. The van der Waals surface area contributed by atoms with Crippen LogP contribution in [0, 0.1) is 16.7 Å². The van der Waals surface area contributed by atoms with Crippen LogP contribution in [0.2, 0.25) is 0 Å². The van der Waals surface area contributed by atoms with Gasteiger partial charge in [-0.3, -0.25) is 4.79 Å². The van der Waals surface area contributed by atoms with Crippen LogP contribution in [-0.2, 0) is 4.79 Å². The summed E-state index contributed by atoms with van der Waals surface area (Å²) in [4.78, 5) is 11.7. The first-order valence-electron chi connectivity index (χ1n) is 5.62. The molecule has 1 spiro atoms. The fourth-order valence-corrected chi connectivity index (χ4v) is 2.37. The van der Waals surface area contributed by atoms with Crippen molar-refractivity contribution in [1.82, 2.24) is 10.6 Å². The molecule has 1 atom stereocenters. The molecule has 1 saturated heterocycles. The molecule has 3 fully saturated rings. The molecule has 14 heavy (non-hydrogen) atoms. The van der Waals surface area contributed by atoms with E-state index in [2.05, 4.69) is 17.6 Å². The number of rotatable bonds is 3. The Morgan fingerprint density at radius 2 is 2.21 bits per heavy atom. The molecule has 0 radical (unpaired) electrons. The molecule has 2 N–H and O–H groups in total. The average Bonchev–Trinajstić information content (AvgIpc) is 2.93. The lowest BCUT2D eigenvalue weighted by Gasteiger charge is -2.28. The van der Waals surface area contributed by atoms with E-state index in [1.807, 2.05) is 0 Å². The van der Waals surface area contributed by atoms with Crippen LogP contribution in [-0.4, -0.2) is 25.5 Å². The third kappa shape index (κ3) is 1.26. The third-order valence-electron chi connectivity index (χ3n) is 4.25. The maximum atomic E-state index is 11.7. The number of hydrogen-bond acceptors (Lipinski definition) is 2. The van der Waals surface area contributed by atoms with E-state index < -0.39 is 0 Å². The summed E-state index contributed by atoms with van der Waals surface area (Å²) in [6.45, 7) is 5.26. The molecule has 2 saturated carbocycles. The van der Waals surface area contributed by atoms with Crippen LogP contribution in [0.15, 0.2) is 0 Å². The van der Waals surface area contributed by atoms with Gasteiger partial charge in [-0.2, -0.15) is 0 Å². The van der Waals surface area contributed by atoms with Gasteiger partial charge in [-0.15, -0.1) is 0 Å². The van der Waals surface area contributed by atoms with Crippen molar-refractivity contribution < 1.29 is 4.79 Å². The highest BCUT2D eigenvalue weighted by Gasteiger charge is 2.61. The molecule has 2 aliphatic carbocycles. The van der Waals surface area contributed by atoms with Crippen molar-refractivity contribution in [2.24, 2.45) is 16.7 Å². The highest BCUT2D eigenvalue weighted by atomic mass is 16.2. The lowest BCUT2D eigenvalue weighted by Crippen LogP contribution is -2.47. The SMILES string of the molecule is CC1(CNC(=O)C2CC23CNC3)CC1. The first-order valence-corrected chi connectivity index (χ1v) is 5.62. The van der Waals surface area contributed by atoms with Crippen LogP contribution in [0.5, 0.6) is 0 Å². The van der Waals surface area contributed by atoms with Gasteiger partial charge in [0.15, 0.2) is 0 Å². The molecule has 3 heteroatoms. The Kier molecular flexibility index (Phi) is 1.56. The zero-order valence-corrected chi connectivity index (χ0v) is 8.73. The molecule has 0 aromatic rings. The van der Waals surface area contributed by atoms with Crippen molar-refractivity contribution in [2.75, 3.05) is 19.6 Å². The summed E-state index contributed by atoms with van der Waals surface area (Å²) in [5.74, 6) is 0.630. The smallest absolute Gasteiger partial charge is 0.223 e. The van der Waals surface area contributed by atoms with Gasteiger partial charge in [0.1, 0.15) is 0 Å². The van der Waals surface area contributed by atoms with Crippen LogP contribution >= 0.6 is 0 Å². The van der Waals surface area contributed by atoms with E-state index in [1.165, 1.54) is 12.8 Å². The molecule has 0 aromatic heterocycles. The fourth-order valence-electron chi connectivity index (χ4n) is 2.37. The Balaban J connectivity index is 1.47. The molecular weight excluding hydrogens is 176 g/mol. The summed E-state index contributed by atoms with van der Waals surface area (Å²) in [5, 5.41) is 6.36. The van der Waals surface area contributed by atoms with Crippen molar-refractivity contribution in [3.8, 4) is 0 Å². The van der Waals surface area contributed by atoms with Gasteiger partial charge in [-0.25, -0.2) is 0 Å². The number of nitrogens with one attached hydrogen (secondary N) is 2. The monoisotopic (exact) mass is 194 g/mol. The highest BCUT2D eigenvalue weighted by Crippen LogP contribution is 2.55. The molecule has 1 amide bonds. The molecule has 0 bridgehead atoms. The van der Waals surface area contributed by atoms with E-state index >= 15 is 0 Å². The Morgan fingerprint density at radius 1 is 1.50 bits per heavy atom.